The highest BCUT2D eigenvalue weighted by Crippen LogP contribution is 2.74. The average molecular weight is 447 g/mol. The molecular weight excluding hydrogens is 405 g/mol. The van der Waals surface area contributed by atoms with Crippen LogP contribution in [0.15, 0.2) is 11.6 Å². The first kappa shape index (κ1) is 22.7. The second kappa shape index (κ2) is 7.02. The molecule has 0 unspecified atom stereocenters. The van der Waals surface area contributed by atoms with E-state index >= 15 is 0 Å². The second-order valence-corrected chi connectivity index (χ2v) is 12.1. The Morgan fingerprint density at radius 1 is 1.17 bits per heavy atom. The first-order valence-corrected chi connectivity index (χ1v) is 11.9. The van der Waals surface area contributed by atoms with Crippen molar-refractivity contribution >= 4 is 0 Å². The predicted octanol–water partition coefficient (Wildman–Crippen LogP) is 2.64. The molecule has 5 heteroatoms. The van der Waals surface area contributed by atoms with E-state index in [-0.39, 0.29) is 22.3 Å². The minimum atomic E-state index is -1.72. The first-order valence-electron chi connectivity index (χ1n) is 11.9. The molecule has 172 valence electrons. The number of fused-ring (bicyclic) bond motifs is 2. The number of hydrogen-bond donors (Lipinski definition) is 5. The van der Waals surface area contributed by atoms with Gasteiger partial charge < -0.3 is 25.5 Å². The fourth-order valence-corrected chi connectivity index (χ4v) is 8.78. The molecule has 0 aliphatic heterocycles. The molecule has 0 aromatic rings. The van der Waals surface area contributed by atoms with Crippen molar-refractivity contribution in [3.05, 3.63) is 11.6 Å². The van der Waals surface area contributed by atoms with Crippen LogP contribution < -0.4 is 0 Å². The number of allylic oxidation sites excluding steroid dienone is 1. The highest BCUT2D eigenvalue weighted by atomic mass is 16.6. The molecule has 0 bridgehead atoms. The summed E-state index contributed by atoms with van der Waals surface area (Å²) in [4.78, 5) is 0. The van der Waals surface area contributed by atoms with E-state index in [1.165, 1.54) is 12.5 Å². The second-order valence-electron chi connectivity index (χ2n) is 12.1. The zero-order chi connectivity index (χ0) is 22.3. The number of hydrogen-bond acceptors (Lipinski definition) is 5. The maximum Gasteiger partial charge on any atom is 0.113 e. The van der Waals surface area contributed by atoms with E-state index in [0.29, 0.717) is 30.1 Å². The van der Waals surface area contributed by atoms with Gasteiger partial charge in [-0.25, -0.2) is 0 Å². The number of aliphatic hydroxyl groups is 5. The fraction of sp³-hybridized carbons (Fsp3) is 0.920. The van der Waals surface area contributed by atoms with Gasteiger partial charge in [-0.05, 0) is 80.0 Å². The molecule has 0 radical (unpaired) electrons. The van der Waals surface area contributed by atoms with Crippen LogP contribution in [0.25, 0.3) is 0 Å². The molecule has 3 saturated carbocycles. The lowest BCUT2D eigenvalue weighted by atomic mass is 10.5. The number of aliphatic hydroxyl groups excluding tert-OH is 4. The van der Waals surface area contributed by atoms with E-state index in [0.717, 1.165) is 32.1 Å². The van der Waals surface area contributed by atoms with Crippen LogP contribution in [0.3, 0.4) is 0 Å². The fourth-order valence-electron chi connectivity index (χ4n) is 8.78. The standard InChI is InChI=1S/C25H42O5/c1-14-10-19(28)25-15(2)6-7-16(25)20-22(3,11-17(14)25)8-9-23(20,4)12-18(27)21(29)24(5,30)13-26/h11,14-16,18-21,26-30H,6-10,12-13H2,1-5H3/t14-,15-,16-,18-,19+,20-,21-,22+,23+,24-,25+/m0/s1/i1+1,2+1,3+1,4+1,5+1,6+1,7+1,8+1,9+1,10+1,11+1,12+1,13+1,14+1,15+1,16+1,17+1,18+1,19+1,20+1,21+1,22+1,23+1,24+1,25+1. The van der Waals surface area contributed by atoms with E-state index in [1.54, 1.807) is 0 Å². The quantitative estimate of drug-likeness (QED) is 0.330. The Labute approximate surface area is 181 Å². The van der Waals surface area contributed by atoms with Crippen LogP contribution in [0.5, 0.6) is 0 Å². The van der Waals surface area contributed by atoms with Crippen LogP contribution in [-0.4, -0.2) is 56.1 Å². The zero-order valence-corrected chi connectivity index (χ0v) is 19.3. The summed E-state index contributed by atoms with van der Waals surface area (Å²) in [5.74, 6) is 1.57. The average Bonchev–Trinajstić information content (AvgIpc) is 3.23. The van der Waals surface area contributed by atoms with Crippen LogP contribution in [0, 0.1) is 39.9 Å². The SMILES string of the molecule is [13CH3][13C@H]1[13CH2][13C@@H](O)[13C@@]23[13C]1=[13CH][13C@@]1([13CH3])[13CH2][13CH2][13C@]([13CH3])([13CH2][13C@H](O)[13C@H](O)[13C@@]([13CH3])(O)[13CH2]O)[13C@H]1[13C@@H]2[13CH2][13CH2][13C@@H]3[13CH3]. The smallest absolute Gasteiger partial charge is 0.113 e. The summed E-state index contributed by atoms with van der Waals surface area (Å²) >= 11 is 0. The van der Waals surface area contributed by atoms with Gasteiger partial charge in [-0.1, -0.05) is 39.3 Å². The highest BCUT2D eigenvalue weighted by Gasteiger charge is 2.69. The summed E-state index contributed by atoms with van der Waals surface area (Å²) in [6.07, 6.45) is 5.16. The molecule has 5 nitrogen and oxygen atoms in total. The number of rotatable bonds is 5. The van der Waals surface area contributed by atoms with E-state index in [1.807, 2.05) is 0 Å². The van der Waals surface area contributed by atoms with Gasteiger partial charge in [-0.2, -0.15) is 0 Å². The summed E-state index contributed by atoms with van der Waals surface area (Å²) in [5, 5.41) is 52.4. The van der Waals surface area contributed by atoms with Crippen molar-refractivity contribution in [1.82, 2.24) is 0 Å². The Hall–Kier alpha value is -0.460. The molecule has 0 aromatic heterocycles. The molecule has 0 amide bonds. The van der Waals surface area contributed by atoms with E-state index in [9.17, 15) is 25.5 Å². The van der Waals surface area contributed by atoms with Crippen molar-refractivity contribution in [1.29, 1.82) is 0 Å². The molecule has 30 heavy (non-hydrogen) atoms. The molecule has 5 N–H and O–H groups in total. The van der Waals surface area contributed by atoms with Crippen molar-refractivity contribution < 1.29 is 25.5 Å². The van der Waals surface area contributed by atoms with E-state index < -0.39 is 24.4 Å². The van der Waals surface area contributed by atoms with Gasteiger partial charge in [0.2, 0.25) is 0 Å². The Kier molecular flexibility index (Phi) is 5.32. The Morgan fingerprint density at radius 2 is 1.83 bits per heavy atom. The third-order valence-electron chi connectivity index (χ3n) is 10.1. The summed E-state index contributed by atoms with van der Waals surface area (Å²) < 4.78 is 0. The molecule has 3 fully saturated rings. The van der Waals surface area contributed by atoms with Gasteiger partial charge >= 0.3 is 0 Å². The van der Waals surface area contributed by atoms with Crippen LogP contribution in [0.1, 0.15) is 73.1 Å². The maximum atomic E-state index is 11.3. The largest absolute Gasteiger partial charge is 0.393 e. The molecule has 0 saturated heterocycles. The maximum absolute atomic E-state index is 11.3. The van der Waals surface area contributed by atoms with Crippen LogP contribution in [-0.2, 0) is 0 Å². The summed E-state index contributed by atoms with van der Waals surface area (Å²) in [6, 6.07) is 0. The van der Waals surface area contributed by atoms with Crippen molar-refractivity contribution in [2.24, 2.45) is 39.9 Å². The summed E-state index contributed by atoms with van der Waals surface area (Å²) in [6.45, 7) is 9.92. The molecular formula is C25H42O5. The molecule has 0 heterocycles. The van der Waals surface area contributed by atoms with Crippen molar-refractivity contribution in [2.45, 2.75) is 97.1 Å². The first-order chi connectivity index (χ1) is 13.8. The van der Waals surface area contributed by atoms with Gasteiger partial charge in [0.05, 0.1) is 18.8 Å². The molecule has 4 aliphatic carbocycles. The molecule has 0 aromatic carbocycles. The summed E-state index contributed by atoms with van der Waals surface area (Å²) in [7, 11) is 0. The minimum absolute atomic E-state index is 0.0325. The molecule has 4 aliphatic rings. The van der Waals surface area contributed by atoms with Gasteiger partial charge in [-0.3, -0.25) is 0 Å². The van der Waals surface area contributed by atoms with Gasteiger partial charge in [-0.15, -0.1) is 0 Å². The van der Waals surface area contributed by atoms with Crippen molar-refractivity contribution in [3.63, 3.8) is 0 Å². The molecule has 1 spiro atoms. The summed E-state index contributed by atoms with van der Waals surface area (Å²) in [5.41, 5.74) is -0.551. The third kappa shape index (κ3) is 2.85. The topological polar surface area (TPSA) is 101 Å². The monoisotopic (exact) mass is 447 g/mol. The van der Waals surface area contributed by atoms with Crippen molar-refractivity contribution in [2.75, 3.05) is 6.61 Å². The Morgan fingerprint density at radius 3 is 2.47 bits per heavy atom. The van der Waals surface area contributed by atoms with E-state index in [4.69, 9.17) is 0 Å². The zero-order valence-electron chi connectivity index (χ0n) is 19.3. The van der Waals surface area contributed by atoms with Crippen LogP contribution in [0.4, 0.5) is 0 Å². The normalized spacial score (nSPS) is 51.5. The van der Waals surface area contributed by atoms with Crippen LogP contribution in [0.2, 0.25) is 0 Å². The van der Waals surface area contributed by atoms with E-state index in [2.05, 4.69) is 33.8 Å². The minimum Gasteiger partial charge on any atom is -0.393 e. The van der Waals surface area contributed by atoms with Crippen LogP contribution >= 0.6 is 0 Å². The lowest BCUT2D eigenvalue weighted by molar-refractivity contribution is -0.148. The van der Waals surface area contributed by atoms with Gasteiger partial charge in [0.25, 0.3) is 0 Å². The third-order valence-corrected chi connectivity index (χ3v) is 10.1. The molecule has 4 rings (SSSR count). The lowest BCUT2D eigenvalue weighted by Gasteiger charge is -2.55. The van der Waals surface area contributed by atoms with Crippen molar-refractivity contribution in [3.8, 4) is 0 Å². The predicted molar refractivity (Wildman–Crippen MR) is 115 cm³/mol. The lowest BCUT2D eigenvalue weighted by Crippen LogP contribution is -2.54. The Bertz CT molecular complexity index is 718. The van der Waals surface area contributed by atoms with Gasteiger partial charge in [0.1, 0.15) is 11.7 Å². The molecule has 11 atom stereocenters. The van der Waals surface area contributed by atoms with Gasteiger partial charge in [0.15, 0.2) is 0 Å². The van der Waals surface area contributed by atoms with Gasteiger partial charge in [0, 0.05) is 5.41 Å². The Balaban J connectivity index is 1.72. The highest BCUT2D eigenvalue weighted by molar-refractivity contribution is 5.38.